The Labute approximate surface area is 93.6 Å². The molecule has 0 rings (SSSR count). The van der Waals surface area contributed by atoms with E-state index in [2.05, 4.69) is 26.8 Å². The van der Waals surface area contributed by atoms with Gasteiger partial charge in [0.1, 0.15) is 5.54 Å². The van der Waals surface area contributed by atoms with Crippen molar-refractivity contribution in [3.8, 4) is 6.07 Å². The van der Waals surface area contributed by atoms with Gasteiger partial charge in [0.05, 0.1) is 6.07 Å². The van der Waals surface area contributed by atoms with Crippen molar-refractivity contribution in [2.45, 2.75) is 52.5 Å². The van der Waals surface area contributed by atoms with E-state index in [1.54, 1.807) is 6.92 Å². The van der Waals surface area contributed by atoms with Gasteiger partial charge in [0.15, 0.2) is 0 Å². The van der Waals surface area contributed by atoms with Crippen LogP contribution in [-0.2, 0) is 4.74 Å². The minimum Gasteiger partial charge on any atom is -0.381 e. The van der Waals surface area contributed by atoms with Crippen molar-refractivity contribution < 1.29 is 4.74 Å². The molecule has 0 aliphatic heterocycles. The van der Waals surface area contributed by atoms with Crippen LogP contribution in [-0.4, -0.2) is 18.8 Å². The molecule has 0 aliphatic carbocycles. The summed E-state index contributed by atoms with van der Waals surface area (Å²) in [6, 6.07) is 2.08. The minimum atomic E-state index is -0.701. The van der Waals surface area contributed by atoms with E-state index < -0.39 is 5.54 Å². The van der Waals surface area contributed by atoms with Crippen LogP contribution in [0.25, 0.3) is 0 Å². The molecule has 3 nitrogen and oxygen atoms in total. The molecular formula is C12H24N2O. The molecule has 3 heteroatoms. The maximum absolute atomic E-state index is 8.69. The number of hydrogen-bond donors (Lipinski definition) is 1. The Hall–Kier alpha value is -0.590. The molecule has 88 valence electrons. The van der Waals surface area contributed by atoms with Gasteiger partial charge >= 0.3 is 0 Å². The van der Waals surface area contributed by atoms with Crippen LogP contribution < -0.4 is 5.73 Å². The molecule has 0 aromatic heterocycles. The molecule has 0 aromatic carbocycles. The Balaban J connectivity index is 3.38. The Morgan fingerprint density at radius 1 is 1.13 bits per heavy atom. The van der Waals surface area contributed by atoms with Crippen molar-refractivity contribution in [1.29, 1.82) is 5.26 Å². The molecule has 0 amide bonds. The normalized spacial score (nSPS) is 15.7. The van der Waals surface area contributed by atoms with Crippen LogP contribution in [0.4, 0.5) is 0 Å². The first-order valence-electron chi connectivity index (χ1n) is 5.55. The number of ether oxygens (including phenoxy) is 1. The summed E-state index contributed by atoms with van der Waals surface area (Å²) >= 11 is 0. The number of hydrogen-bond acceptors (Lipinski definition) is 3. The van der Waals surface area contributed by atoms with Crippen LogP contribution in [0.1, 0.15) is 47.0 Å². The summed E-state index contributed by atoms with van der Waals surface area (Å²) in [5.74, 6) is 0. The molecule has 0 aliphatic rings. The number of nitrogens with two attached hydrogens (primary N) is 1. The summed E-state index contributed by atoms with van der Waals surface area (Å²) in [6.45, 7) is 9.83. The quantitative estimate of drug-likeness (QED) is 0.688. The first-order valence-corrected chi connectivity index (χ1v) is 5.55. The predicted octanol–water partition coefficient (Wildman–Crippen LogP) is 2.46. The van der Waals surface area contributed by atoms with Crippen LogP contribution in [0.15, 0.2) is 0 Å². The maximum atomic E-state index is 8.69. The number of rotatable bonds is 6. The smallest absolute Gasteiger partial charge is 0.101 e. The summed E-state index contributed by atoms with van der Waals surface area (Å²) in [6.07, 6.45) is 2.61. The molecular weight excluding hydrogens is 188 g/mol. The van der Waals surface area contributed by atoms with E-state index >= 15 is 0 Å². The highest BCUT2D eigenvalue weighted by Gasteiger charge is 2.16. The largest absolute Gasteiger partial charge is 0.381 e. The van der Waals surface area contributed by atoms with E-state index in [1.165, 1.54) is 0 Å². The molecule has 0 fully saturated rings. The Morgan fingerprint density at radius 3 is 2.20 bits per heavy atom. The molecule has 0 heterocycles. The highest BCUT2D eigenvalue weighted by molar-refractivity contribution is 5.00. The fourth-order valence-corrected chi connectivity index (χ4v) is 1.08. The Bertz CT molecular complexity index is 211. The molecule has 15 heavy (non-hydrogen) atoms. The zero-order chi connectivity index (χ0) is 11.9. The van der Waals surface area contributed by atoms with E-state index in [0.717, 1.165) is 19.4 Å². The van der Waals surface area contributed by atoms with E-state index in [1.807, 2.05) is 0 Å². The van der Waals surface area contributed by atoms with Crippen molar-refractivity contribution in [3.05, 3.63) is 0 Å². The first-order chi connectivity index (χ1) is 6.77. The highest BCUT2D eigenvalue weighted by Crippen LogP contribution is 2.18. The van der Waals surface area contributed by atoms with Gasteiger partial charge in [-0.3, -0.25) is 0 Å². The van der Waals surface area contributed by atoms with Crippen molar-refractivity contribution in [2.75, 3.05) is 13.2 Å². The van der Waals surface area contributed by atoms with Crippen molar-refractivity contribution in [2.24, 2.45) is 11.1 Å². The second-order valence-corrected chi connectivity index (χ2v) is 5.56. The van der Waals surface area contributed by atoms with Crippen LogP contribution >= 0.6 is 0 Å². The van der Waals surface area contributed by atoms with Gasteiger partial charge in [-0.2, -0.15) is 5.26 Å². The van der Waals surface area contributed by atoms with Crippen molar-refractivity contribution in [3.63, 3.8) is 0 Å². The van der Waals surface area contributed by atoms with Crippen LogP contribution in [0.2, 0.25) is 0 Å². The van der Waals surface area contributed by atoms with Crippen molar-refractivity contribution in [1.82, 2.24) is 0 Å². The first kappa shape index (κ1) is 14.4. The second-order valence-electron chi connectivity index (χ2n) is 5.56. The second kappa shape index (κ2) is 6.09. The van der Waals surface area contributed by atoms with Gasteiger partial charge in [0.25, 0.3) is 0 Å². The lowest BCUT2D eigenvalue weighted by Crippen LogP contribution is -2.34. The summed E-state index contributed by atoms with van der Waals surface area (Å²) in [7, 11) is 0. The van der Waals surface area contributed by atoms with Gasteiger partial charge in [0.2, 0.25) is 0 Å². The third kappa shape index (κ3) is 9.71. The third-order valence-electron chi connectivity index (χ3n) is 2.24. The molecule has 1 unspecified atom stereocenters. The van der Waals surface area contributed by atoms with Gasteiger partial charge in [-0.1, -0.05) is 20.8 Å². The van der Waals surface area contributed by atoms with E-state index in [0.29, 0.717) is 18.4 Å². The molecule has 2 N–H and O–H groups in total. The van der Waals surface area contributed by atoms with Gasteiger partial charge in [-0.15, -0.1) is 0 Å². The average molecular weight is 212 g/mol. The molecule has 0 spiro atoms. The lowest BCUT2D eigenvalue weighted by molar-refractivity contribution is 0.103. The third-order valence-corrected chi connectivity index (χ3v) is 2.24. The van der Waals surface area contributed by atoms with Crippen LogP contribution in [0.3, 0.4) is 0 Å². The number of nitrogens with zero attached hydrogens (tertiary/aromatic N) is 1. The lowest BCUT2D eigenvalue weighted by atomic mass is 9.93. The van der Waals surface area contributed by atoms with Crippen LogP contribution in [0.5, 0.6) is 0 Å². The van der Waals surface area contributed by atoms with E-state index in [4.69, 9.17) is 15.7 Å². The summed E-state index contributed by atoms with van der Waals surface area (Å²) < 4.78 is 5.48. The Morgan fingerprint density at radius 2 is 1.73 bits per heavy atom. The standard InChI is InChI=1S/C12H24N2O/c1-11(2,3)7-9-15-8-5-6-12(4,14)10-13/h5-9,14H2,1-4H3. The fraction of sp³-hybridized carbons (Fsp3) is 0.917. The summed E-state index contributed by atoms with van der Waals surface area (Å²) in [4.78, 5) is 0. The Kier molecular flexibility index (Phi) is 5.85. The molecule has 0 saturated carbocycles. The molecule has 0 radical (unpaired) electrons. The molecule has 0 saturated heterocycles. The SMILES string of the molecule is CC(C)(C)CCOCCCC(C)(N)C#N. The van der Waals surface area contributed by atoms with E-state index in [9.17, 15) is 0 Å². The topological polar surface area (TPSA) is 59.0 Å². The summed E-state index contributed by atoms with van der Waals surface area (Å²) in [5.41, 5.74) is 5.31. The van der Waals surface area contributed by atoms with Crippen molar-refractivity contribution >= 4 is 0 Å². The summed E-state index contributed by atoms with van der Waals surface area (Å²) in [5, 5.41) is 8.69. The number of nitriles is 1. The lowest BCUT2D eigenvalue weighted by Gasteiger charge is -2.18. The van der Waals surface area contributed by atoms with E-state index in [-0.39, 0.29) is 0 Å². The van der Waals surface area contributed by atoms with Gasteiger partial charge in [-0.05, 0) is 31.6 Å². The molecule has 1 atom stereocenters. The minimum absolute atomic E-state index is 0.328. The monoisotopic (exact) mass is 212 g/mol. The molecule has 0 aromatic rings. The predicted molar refractivity (Wildman–Crippen MR) is 62.3 cm³/mol. The highest BCUT2D eigenvalue weighted by atomic mass is 16.5. The molecule has 0 bridgehead atoms. The fourth-order valence-electron chi connectivity index (χ4n) is 1.08. The average Bonchev–Trinajstić information content (AvgIpc) is 2.09. The van der Waals surface area contributed by atoms with Gasteiger partial charge in [-0.25, -0.2) is 0 Å². The van der Waals surface area contributed by atoms with Crippen LogP contribution in [0, 0.1) is 16.7 Å². The zero-order valence-corrected chi connectivity index (χ0v) is 10.5. The van der Waals surface area contributed by atoms with Gasteiger partial charge in [0, 0.05) is 13.2 Å². The maximum Gasteiger partial charge on any atom is 0.101 e. The zero-order valence-electron chi connectivity index (χ0n) is 10.5. The van der Waals surface area contributed by atoms with Gasteiger partial charge < -0.3 is 10.5 Å².